The van der Waals surface area contributed by atoms with E-state index in [9.17, 15) is 4.89 Å². The molecule has 1 N–H and O–H groups in total. The third kappa shape index (κ3) is 3.08. The van der Waals surface area contributed by atoms with Crippen molar-refractivity contribution in [2.45, 2.75) is 20.8 Å². The van der Waals surface area contributed by atoms with E-state index in [0.717, 1.165) is 15.9 Å². The van der Waals surface area contributed by atoms with Crippen LogP contribution in [0.2, 0.25) is 0 Å². The lowest BCUT2D eigenvalue weighted by molar-refractivity contribution is 0.633. The van der Waals surface area contributed by atoms with Crippen molar-refractivity contribution in [1.82, 2.24) is 0 Å². The summed E-state index contributed by atoms with van der Waals surface area (Å²) >= 11 is 0. The smallest absolute Gasteiger partial charge is 0.0666 e. The molecule has 0 aliphatic rings. The molecular formula is C21H22OP. The molecule has 0 unspecified atom stereocenters. The Balaban J connectivity index is 2.21. The molecule has 0 amide bonds. The highest BCUT2D eigenvalue weighted by molar-refractivity contribution is 7.91. The molecule has 0 atom stereocenters. The molecule has 0 aliphatic heterocycles. The number of rotatable bonds is 3. The fourth-order valence-electron chi connectivity index (χ4n) is 2.73. The average molecular weight is 321 g/mol. The van der Waals surface area contributed by atoms with E-state index in [0.29, 0.717) is 0 Å². The summed E-state index contributed by atoms with van der Waals surface area (Å²) in [6.45, 7) is 6.21. The van der Waals surface area contributed by atoms with Crippen LogP contribution in [0, 0.1) is 20.8 Å². The van der Waals surface area contributed by atoms with Crippen molar-refractivity contribution in [3.8, 4) is 0 Å². The second kappa shape index (κ2) is 6.28. The Hall–Kier alpha value is -1.95. The predicted octanol–water partition coefficient (Wildman–Crippen LogP) is 3.81. The van der Waals surface area contributed by atoms with Gasteiger partial charge in [0.2, 0.25) is 0 Å². The largest absolute Gasteiger partial charge is 0.366 e. The van der Waals surface area contributed by atoms with E-state index in [2.05, 4.69) is 93.6 Å². The fraction of sp³-hybridized carbons (Fsp3) is 0.143. The van der Waals surface area contributed by atoms with E-state index in [1.165, 1.54) is 16.7 Å². The summed E-state index contributed by atoms with van der Waals surface area (Å²) in [6, 6.07) is 24.8. The maximum absolute atomic E-state index is 11.8. The van der Waals surface area contributed by atoms with E-state index in [4.69, 9.17) is 0 Å². The lowest BCUT2D eigenvalue weighted by atomic mass is 10.2. The van der Waals surface area contributed by atoms with Gasteiger partial charge in [0.25, 0.3) is 0 Å². The van der Waals surface area contributed by atoms with Gasteiger partial charge in [-0.15, -0.1) is 0 Å². The van der Waals surface area contributed by atoms with Crippen molar-refractivity contribution in [3.63, 3.8) is 0 Å². The van der Waals surface area contributed by atoms with Crippen LogP contribution in [0.15, 0.2) is 72.8 Å². The van der Waals surface area contributed by atoms with Gasteiger partial charge in [0, 0.05) is 15.9 Å². The summed E-state index contributed by atoms with van der Waals surface area (Å²) in [5.74, 6) is 0. The maximum atomic E-state index is 11.8. The van der Waals surface area contributed by atoms with Crippen molar-refractivity contribution in [2.24, 2.45) is 0 Å². The van der Waals surface area contributed by atoms with Crippen LogP contribution in [0.1, 0.15) is 16.7 Å². The monoisotopic (exact) mass is 321 g/mol. The summed E-state index contributed by atoms with van der Waals surface area (Å²) in [6.07, 6.45) is 0. The molecule has 0 saturated carbocycles. The second-order valence-corrected chi connectivity index (χ2v) is 8.96. The summed E-state index contributed by atoms with van der Waals surface area (Å²) < 4.78 is 0. The van der Waals surface area contributed by atoms with Crippen LogP contribution in [0.25, 0.3) is 0 Å². The van der Waals surface area contributed by atoms with Crippen LogP contribution < -0.4 is 15.9 Å². The van der Waals surface area contributed by atoms with E-state index < -0.39 is 7.49 Å². The van der Waals surface area contributed by atoms with Gasteiger partial charge in [0.15, 0.2) is 0 Å². The predicted molar refractivity (Wildman–Crippen MR) is 102 cm³/mol. The van der Waals surface area contributed by atoms with Crippen LogP contribution in [-0.2, 0) is 0 Å². The van der Waals surface area contributed by atoms with Gasteiger partial charge in [-0.3, -0.25) is 0 Å². The van der Waals surface area contributed by atoms with Crippen molar-refractivity contribution < 1.29 is 4.89 Å². The molecule has 3 aromatic rings. The molecule has 0 fully saturated rings. The number of aryl methyl sites for hydroxylation is 3. The SMILES string of the molecule is Cc1ccc([P](O)(c2ccc(C)cc2)c2ccc(C)cc2)cc1. The molecule has 0 spiro atoms. The molecule has 3 aromatic carbocycles. The van der Waals surface area contributed by atoms with Crippen molar-refractivity contribution in [2.75, 3.05) is 0 Å². The zero-order valence-electron chi connectivity index (χ0n) is 13.8. The highest BCUT2D eigenvalue weighted by Crippen LogP contribution is 2.50. The molecule has 0 heterocycles. The number of hydrogen-bond acceptors (Lipinski definition) is 1. The molecule has 0 aromatic heterocycles. The summed E-state index contributed by atoms with van der Waals surface area (Å²) in [4.78, 5) is 11.8. The first kappa shape index (κ1) is 15.9. The first-order valence-corrected chi connectivity index (χ1v) is 9.58. The van der Waals surface area contributed by atoms with Crippen LogP contribution in [0.4, 0.5) is 0 Å². The Morgan fingerprint density at radius 3 is 0.913 bits per heavy atom. The third-order valence-corrected chi connectivity index (χ3v) is 7.36. The minimum Gasteiger partial charge on any atom is -0.366 e. The van der Waals surface area contributed by atoms with Gasteiger partial charge in [-0.1, -0.05) is 89.5 Å². The maximum Gasteiger partial charge on any atom is 0.0666 e. The lowest BCUT2D eigenvalue weighted by Gasteiger charge is -2.32. The number of hydrogen-bond donors (Lipinski definition) is 1. The van der Waals surface area contributed by atoms with Crippen LogP contribution in [0.3, 0.4) is 0 Å². The normalized spacial score (nSPS) is 11.5. The van der Waals surface area contributed by atoms with E-state index in [-0.39, 0.29) is 0 Å². The van der Waals surface area contributed by atoms with Gasteiger partial charge in [0.05, 0.1) is 7.49 Å². The molecule has 0 saturated heterocycles. The van der Waals surface area contributed by atoms with Gasteiger partial charge in [-0.2, -0.15) is 0 Å². The minimum atomic E-state index is -2.59. The highest BCUT2D eigenvalue weighted by atomic mass is 31.2. The molecular weight excluding hydrogens is 299 g/mol. The van der Waals surface area contributed by atoms with Crippen LogP contribution in [0.5, 0.6) is 0 Å². The van der Waals surface area contributed by atoms with Gasteiger partial charge in [0.1, 0.15) is 0 Å². The van der Waals surface area contributed by atoms with Gasteiger partial charge >= 0.3 is 0 Å². The molecule has 3 rings (SSSR count). The van der Waals surface area contributed by atoms with E-state index in [1.54, 1.807) is 0 Å². The van der Waals surface area contributed by atoms with E-state index in [1.807, 2.05) is 0 Å². The summed E-state index contributed by atoms with van der Waals surface area (Å²) in [7, 11) is -2.59. The van der Waals surface area contributed by atoms with Gasteiger partial charge in [-0.25, -0.2) is 0 Å². The van der Waals surface area contributed by atoms with Crippen LogP contribution in [-0.4, -0.2) is 4.89 Å². The Bertz CT molecular complexity index is 676. The van der Waals surface area contributed by atoms with Crippen molar-refractivity contribution in [3.05, 3.63) is 89.5 Å². The second-order valence-electron chi connectivity index (χ2n) is 6.14. The van der Waals surface area contributed by atoms with Crippen molar-refractivity contribution >= 4 is 23.4 Å². The molecule has 1 nitrogen and oxygen atoms in total. The quantitative estimate of drug-likeness (QED) is 0.727. The Morgan fingerprint density at radius 1 is 0.478 bits per heavy atom. The molecule has 2 heteroatoms. The molecule has 117 valence electrons. The zero-order chi connectivity index (χ0) is 16.4. The Kier molecular flexibility index (Phi) is 4.35. The third-order valence-electron chi connectivity index (χ3n) is 4.22. The molecule has 0 aliphatic carbocycles. The number of benzene rings is 3. The minimum absolute atomic E-state index is 0.996. The average Bonchev–Trinajstić information content (AvgIpc) is 2.56. The molecule has 1 radical (unpaired) electrons. The highest BCUT2D eigenvalue weighted by Gasteiger charge is 2.31. The summed E-state index contributed by atoms with van der Waals surface area (Å²) in [5, 5.41) is 2.99. The topological polar surface area (TPSA) is 20.2 Å². The van der Waals surface area contributed by atoms with Gasteiger partial charge < -0.3 is 4.89 Å². The summed E-state index contributed by atoms with van der Waals surface area (Å²) in [5.41, 5.74) is 3.61. The Morgan fingerprint density at radius 2 is 0.696 bits per heavy atom. The van der Waals surface area contributed by atoms with Crippen LogP contribution >= 0.6 is 7.49 Å². The molecule has 23 heavy (non-hydrogen) atoms. The fourth-order valence-corrected chi connectivity index (χ4v) is 5.36. The lowest BCUT2D eigenvalue weighted by Crippen LogP contribution is -2.30. The molecule has 0 bridgehead atoms. The van der Waals surface area contributed by atoms with Gasteiger partial charge in [-0.05, 0) is 20.8 Å². The standard InChI is InChI=1S/C21H22OP/c1-16-4-10-19(11-5-16)23(22,20-12-6-17(2)7-13-20)21-14-8-18(3)9-15-21/h4-15,22H,1-3H3. The van der Waals surface area contributed by atoms with E-state index >= 15 is 0 Å². The first-order valence-electron chi connectivity index (χ1n) is 7.83. The Labute approximate surface area is 139 Å². The zero-order valence-corrected chi connectivity index (χ0v) is 14.7. The van der Waals surface area contributed by atoms with Crippen molar-refractivity contribution in [1.29, 1.82) is 0 Å². The first-order chi connectivity index (χ1) is 11.0.